The number of benzene rings is 27. The van der Waals surface area contributed by atoms with Crippen molar-refractivity contribution < 1.29 is 0 Å². The summed E-state index contributed by atoms with van der Waals surface area (Å²) in [6.45, 7) is 4.38. The van der Waals surface area contributed by atoms with E-state index in [4.69, 9.17) is 0 Å². The monoisotopic (exact) mass is 1850 g/mol. The van der Waals surface area contributed by atoms with Crippen LogP contribution in [0.5, 0.6) is 0 Å². The summed E-state index contributed by atoms with van der Waals surface area (Å²) in [7, 11) is 0. The van der Waals surface area contributed by atoms with Crippen molar-refractivity contribution in [1.29, 1.82) is 0 Å². The second-order valence-electron chi connectivity index (χ2n) is 39.9. The molecule has 0 bridgehead atoms. The van der Waals surface area contributed by atoms with E-state index in [1.807, 2.05) is 0 Å². The van der Waals surface area contributed by atoms with Gasteiger partial charge in [-0.2, -0.15) is 0 Å². The number of para-hydroxylation sites is 2. The van der Waals surface area contributed by atoms with Gasteiger partial charge in [-0.1, -0.05) is 352 Å². The molecule has 678 valence electrons. The van der Waals surface area contributed by atoms with Crippen LogP contribution in [0.1, 0.15) is 11.1 Å². The number of aryl methyl sites for hydroxylation is 2. The Kier molecular flexibility index (Phi) is 17.7. The smallest absolute Gasteiger partial charge is 0.0547 e. The fraction of sp³-hybridized carbons (Fsp3) is 0.0143. The first-order valence-corrected chi connectivity index (χ1v) is 50.6. The number of rotatable bonds is 6. The number of aromatic amines is 2. The summed E-state index contributed by atoms with van der Waals surface area (Å²) in [4.78, 5) is 7.42. The van der Waals surface area contributed by atoms with Crippen molar-refractivity contribution in [3.8, 4) is 45.0 Å². The molecule has 0 aliphatic heterocycles. The number of hydrogen-bond donors (Lipinski definition) is 2. The molecule has 0 aliphatic rings. The SMILES string of the molecule is Cc1ccc2c3c4ccccc4ccc3n(-c3cccc4cc5c(-n6c7cc(C)ccc7c7c8ccccc8ccc76)cccc5cc34)c2c1.c1cc(-c2ccc3c(c2)[nH]c2ccc4ccccc4c23)c2cc3cccc(-c4ccc5c(c4)[nH]c4ccc6ccccc6c45)c3cc2c1.c1cc(-n2c3ccccc3c3c4ccccc4ccc32)c2cc3cccc(-n4c5ccccc5c5c6ccccc6ccc54)c3cc2c1. The first-order valence-electron chi connectivity index (χ1n) is 50.6. The number of fused-ring (bicyclic) bond motifs is 36. The molecule has 0 aliphatic carbocycles. The number of H-pyrrole nitrogens is 2. The van der Waals surface area contributed by atoms with Crippen molar-refractivity contribution in [3.05, 3.63) is 496 Å². The molecule has 6 aromatic heterocycles. The van der Waals surface area contributed by atoms with E-state index in [0.717, 1.165) is 0 Å². The van der Waals surface area contributed by atoms with Gasteiger partial charge in [0, 0.05) is 108 Å². The van der Waals surface area contributed by atoms with Crippen molar-refractivity contribution in [1.82, 2.24) is 28.2 Å². The Morgan fingerprint density at radius 1 is 0.137 bits per heavy atom. The molecule has 33 rings (SSSR count). The second kappa shape index (κ2) is 31.7. The normalized spacial score (nSPS) is 12.2. The lowest BCUT2D eigenvalue weighted by Gasteiger charge is -2.16. The lowest BCUT2D eigenvalue weighted by atomic mass is 9.91. The Morgan fingerprint density at radius 2 is 0.384 bits per heavy atom. The summed E-state index contributed by atoms with van der Waals surface area (Å²) in [6.07, 6.45) is 0. The molecule has 0 unspecified atom stereocenters. The van der Waals surface area contributed by atoms with Gasteiger partial charge >= 0.3 is 0 Å². The van der Waals surface area contributed by atoms with Gasteiger partial charge in [-0.15, -0.1) is 0 Å². The average Bonchev–Trinajstić information content (AvgIpc) is 1.59. The van der Waals surface area contributed by atoms with Crippen LogP contribution < -0.4 is 0 Å². The summed E-state index contributed by atoms with van der Waals surface area (Å²) in [5.41, 5.74) is 26.8. The number of hydrogen-bond acceptors (Lipinski definition) is 0. The number of nitrogens with one attached hydrogen (secondary N) is 2. The van der Waals surface area contributed by atoms with Crippen LogP contribution in [0.15, 0.2) is 485 Å². The highest BCUT2D eigenvalue weighted by atomic mass is 15.0. The maximum absolute atomic E-state index is 3.71. The van der Waals surface area contributed by atoms with Gasteiger partial charge in [-0.3, -0.25) is 0 Å². The van der Waals surface area contributed by atoms with Gasteiger partial charge in [0.15, 0.2) is 0 Å². The van der Waals surface area contributed by atoms with E-state index in [1.165, 1.54) is 316 Å². The summed E-state index contributed by atoms with van der Waals surface area (Å²) >= 11 is 0. The average molecular weight is 1850 g/mol. The second-order valence-corrected chi connectivity index (χ2v) is 39.9. The molecule has 2 N–H and O–H groups in total. The molecule has 27 aromatic carbocycles. The first-order chi connectivity index (χ1) is 72.2. The molecule has 6 heteroatoms. The Balaban J connectivity index is 0.0000000995. The maximum atomic E-state index is 3.71. The molecule has 0 atom stereocenters. The Hall–Kier alpha value is -19.1. The van der Waals surface area contributed by atoms with Crippen LogP contribution in [-0.4, -0.2) is 28.2 Å². The summed E-state index contributed by atoms with van der Waals surface area (Å²) < 4.78 is 9.91. The first kappa shape index (κ1) is 81.7. The zero-order valence-corrected chi connectivity index (χ0v) is 80.0. The molecular formula is C140H88N6. The zero-order valence-electron chi connectivity index (χ0n) is 80.0. The molecule has 0 saturated carbocycles. The van der Waals surface area contributed by atoms with Crippen LogP contribution >= 0.6 is 0 Å². The van der Waals surface area contributed by atoms with E-state index in [2.05, 4.69) is 527 Å². The van der Waals surface area contributed by atoms with Crippen LogP contribution in [0.4, 0.5) is 0 Å². The van der Waals surface area contributed by atoms with Gasteiger partial charge in [0.05, 0.1) is 66.9 Å². The van der Waals surface area contributed by atoms with Crippen LogP contribution in [0, 0.1) is 13.8 Å². The van der Waals surface area contributed by atoms with Crippen molar-refractivity contribution in [3.63, 3.8) is 0 Å². The molecule has 33 aromatic rings. The van der Waals surface area contributed by atoms with Crippen molar-refractivity contribution in [2.75, 3.05) is 0 Å². The van der Waals surface area contributed by atoms with Crippen molar-refractivity contribution >= 4 is 260 Å². The predicted molar refractivity (Wildman–Crippen MR) is 626 cm³/mol. The van der Waals surface area contributed by atoms with Gasteiger partial charge in [-0.05, 0) is 288 Å². The number of nitrogens with zero attached hydrogens (tertiary/aromatic N) is 4. The van der Waals surface area contributed by atoms with Gasteiger partial charge < -0.3 is 28.2 Å². The van der Waals surface area contributed by atoms with Crippen LogP contribution in [-0.2, 0) is 0 Å². The molecule has 0 saturated heterocycles. The lowest BCUT2D eigenvalue weighted by molar-refractivity contribution is 1.19. The fourth-order valence-electron chi connectivity index (χ4n) is 25.4. The third kappa shape index (κ3) is 12.3. The lowest BCUT2D eigenvalue weighted by Crippen LogP contribution is -1.98. The van der Waals surface area contributed by atoms with Crippen molar-refractivity contribution in [2.24, 2.45) is 0 Å². The van der Waals surface area contributed by atoms with E-state index in [1.54, 1.807) is 0 Å². The summed E-state index contributed by atoms with van der Waals surface area (Å²) in [5, 5.41) is 45.8. The molecule has 0 radical (unpaired) electrons. The van der Waals surface area contributed by atoms with E-state index >= 15 is 0 Å². The minimum absolute atomic E-state index is 1.17. The van der Waals surface area contributed by atoms with Crippen LogP contribution in [0.25, 0.3) is 305 Å². The van der Waals surface area contributed by atoms with E-state index in [9.17, 15) is 0 Å². The quantitative estimate of drug-likeness (QED) is 0.156. The van der Waals surface area contributed by atoms with Crippen LogP contribution in [0.2, 0.25) is 0 Å². The summed E-state index contributed by atoms with van der Waals surface area (Å²) in [5.74, 6) is 0. The van der Waals surface area contributed by atoms with Crippen molar-refractivity contribution in [2.45, 2.75) is 13.8 Å². The zero-order chi connectivity index (χ0) is 95.8. The molecule has 146 heavy (non-hydrogen) atoms. The third-order valence-electron chi connectivity index (χ3n) is 31.9. The van der Waals surface area contributed by atoms with Gasteiger partial charge in [0.25, 0.3) is 0 Å². The Morgan fingerprint density at radius 3 is 0.712 bits per heavy atom. The van der Waals surface area contributed by atoms with Crippen LogP contribution in [0.3, 0.4) is 0 Å². The molecule has 0 fully saturated rings. The molecular weight excluding hydrogens is 1770 g/mol. The Bertz CT molecular complexity index is 10900. The number of aromatic nitrogens is 6. The highest BCUT2D eigenvalue weighted by molar-refractivity contribution is 6.29. The minimum atomic E-state index is 1.17. The van der Waals surface area contributed by atoms with E-state index in [0.29, 0.717) is 0 Å². The molecule has 0 amide bonds. The highest BCUT2D eigenvalue weighted by Crippen LogP contribution is 2.49. The minimum Gasteiger partial charge on any atom is -0.354 e. The maximum Gasteiger partial charge on any atom is 0.0547 e. The summed E-state index contributed by atoms with van der Waals surface area (Å²) in [6, 6.07) is 179. The molecule has 6 heterocycles. The fourth-order valence-corrected chi connectivity index (χ4v) is 25.4. The van der Waals surface area contributed by atoms with E-state index in [-0.39, 0.29) is 0 Å². The van der Waals surface area contributed by atoms with Gasteiger partial charge in [0.2, 0.25) is 0 Å². The van der Waals surface area contributed by atoms with Gasteiger partial charge in [0.1, 0.15) is 0 Å². The predicted octanol–water partition coefficient (Wildman–Crippen LogP) is 38.5. The largest absolute Gasteiger partial charge is 0.354 e. The standard InChI is InChI=1S/C48H32N2.2C46H28N2/c1-29-17-21-37-45(25-29)49(43-23-19-31-9-3-5-13-35(31)47(37)43)41-15-7-11-33-28-40-34(27-39(33)41)12-8-16-42(40)50-44-24-20-32-10-4-6-14-36(32)48(44)38-22-18-30(2)26-46(38)50;1-3-15-33-29(11-1)23-25-43-45(33)35-17-5-7-19-39(35)47(43)41-21-9-13-31-28-38-32(27-37(31)41)14-10-22-42(38)48-40-20-8-6-18-36(40)46-34-16-4-2-12-30(34)24-26-44(46)48;1-3-11-35-27(7-1)17-21-41-45(35)37-19-15-31(25-43(37)47-41)33-13-5-9-29-24-40-30(23-39(29)33)10-6-14-34(40)32-16-20-38-44(26-32)48-42-22-18-28-8-2-4-12-36(28)46(38)42/h3-28H,1-2H3;1-28H;1-26,47-48H. The highest BCUT2D eigenvalue weighted by Gasteiger charge is 2.26. The molecule has 6 nitrogen and oxygen atoms in total. The third-order valence-corrected chi connectivity index (χ3v) is 31.9. The topological polar surface area (TPSA) is 51.3 Å². The van der Waals surface area contributed by atoms with E-state index < -0.39 is 0 Å². The molecule has 0 spiro atoms. The van der Waals surface area contributed by atoms with Gasteiger partial charge in [-0.25, -0.2) is 0 Å². The Labute approximate surface area is 837 Å².